The van der Waals surface area contributed by atoms with Gasteiger partial charge in [0.1, 0.15) is 18.8 Å². The topological polar surface area (TPSA) is 76.6 Å². The highest BCUT2D eigenvalue weighted by atomic mass is 32.2. The van der Waals surface area contributed by atoms with Gasteiger partial charge < -0.3 is 10.0 Å². The summed E-state index contributed by atoms with van der Waals surface area (Å²) in [5.41, 5.74) is 6.54. The molecule has 1 aliphatic rings. The van der Waals surface area contributed by atoms with E-state index in [1.807, 2.05) is 31.5 Å². The lowest BCUT2D eigenvalue weighted by Gasteiger charge is -2.18. The molecule has 0 radical (unpaired) electrons. The van der Waals surface area contributed by atoms with Crippen molar-refractivity contribution in [2.45, 2.75) is 66.1 Å². The van der Waals surface area contributed by atoms with Crippen molar-refractivity contribution in [2.24, 2.45) is 0 Å². The van der Waals surface area contributed by atoms with Crippen molar-refractivity contribution in [3.63, 3.8) is 0 Å². The van der Waals surface area contributed by atoms with E-state index in [9.17, 15) is 13.5 Å². The smallest absolute Gasteiger partial charge is 0.152 e. The third-order valence-corrected chi connectivity index (χ3v) is 7.84. The lowest BCUT2D eigenvalue weighted by Crippen LogP contribution is -3.06. The van der Waals surface area contributed by atoms with Crippen LogP contribution in [0.5, 0.6) is 5.75 Å². The molecule has 0 amide bonds. The SMILES string of the molecule is Cc1cc(O)c(C[NH+](C)Cc2c(C)nn([C@@H]3CCS(=O)(=O)C3)c2C)cc1C(C)C. The van der Waals surface area contributed by atoms with Gasteiger partial charge in [0.15, 0.2) is 9.84 Å². The summed E-state index contributed by atoms with van der Waals surface area (Å²) < 4.78 is 25.6. The van der Waals surface area contributed by atoms with Crippen LogP contribution >= 0.6 is 0 Å². The Morgan fingerprint density at radius 2 is 1.93 bits per heavy atom. The first-order valence-electron chi connectivity index (χ1n) is 10.4. The van der Waals surface area contributed by atoms with Gasteiger partial charge in [-0.3, -0.25) is 4.68 Å². The molecule has 1 fully saturated rings. The van der Waals surface area contributed by atoms with Crippen LogP contribution in [-0.2, 0) is 22.9 Å². The molecular weight excluding hydrogens is 386 g/mol. The number of rotatable bonds is 6. The Morgan fingerprint density at radius 1 is 1.24 bits per heavy atom. The predicted molar refractivity (Wildman–Crippen MR) is 115 cm³/mol. The van der Waals surface area contributed by atoms with Gasteiger partial charge in [0, 0.05) is 11.3 Å². The minimum absolute atomic E-state index is 0.0532. The van der Waals surface area contributed by atoms with Crippen LogP contribution in [0.4, 0.5) is 0 Å². The molecule has 160 valence electrons. The zero-order chi connectivity index (χ0) is 21.5. The molecule has 1 aromatic heterocycles. The van der Waals surface area contributed by atoms with Gasteiger partial charge in [-0.25, -0.2) is 8.42 Å². The maximum atomic E-state index is 11.9. The van der Waals surface area contributed by atoms with Gasteiger partial charge in [0.2, 0.25) is 0 Å². The number of phenolic OH excluding ortho intramolecular Hbond substituents is 1. The number of benzene rings is 1. The number of nitrogens with one attached hydrogen (secondary N) is 1. The van der Waals surface area contributed by atoms with E-state index in [0.29, 0.717) is 24.6 Å². The summed E-state index contributed by atoms with van der Waals surface area (Å²) in [7, 11) is -0.825. The first kappa shape index (κ1) is 21.8. The summed E-state index contributed by atoms with van der Waals surface area (Å²) >= 11 is 0. The van der Waals surface area contributed by atoms with Gasteiger partial charge in [-0.2, -0.15) is 5.10 Å². The fourth-order valence-corrected chi connectivity index (χ4v) is 6.18. The summed E-state index contributed by atoms with van der Waals surface area (Å²) in [4.78, 5) is 1.25. The molecule has 2 heterocycles. The van der Waals surface area contributed by atoms with Crippen LogP contribution in [-0.4, -0.2) is 41.9 Å². The molecule has 2 N–H and O–H groups in total. The molecule has 1 aliphatic heterocycles. The Bertz CT molecular complexity index is 1010. The zero-order valence-electron chi connectivity index (χ0n) is 18.4. The largest absolute Gasteiger partial charge is 0.507 e. The molecule has 1 saturated heterocycles. The lowest BCUT2D eigenvalue weighted by molar-refractivity contribution is -0.907. The fraction of sp³-hybridized carbons (Fsp3) is 0.591. The number of aromatic hydroxyl groups is 1. The van der Waals surface area contributed by atoms with Crippen LogP contribution in [0.2, 0.25) is 0 Å². The molecule has 29 heavy (non-hydrogen) atoms. The van der Waals surface area contributed by atoms with Gasteiger partial charge in [-0.15, -0.1) is 0 Å². The van der Waals surface area contributed by atoms with E-state index in [2.05, 4.69) is 32.1 Å². The first-order chi connectivity index (χ1) is 13.5. The molecule has 1 aromatic carbocycles. The molecule has 2 aromatic rings. The van der Waals surface area contributed by atoms with Crippen molar-refractivity contribution in [3.05, 3.63) is 45.8 Å². The number of sulfone groups is 1. The molecule has 3 rings (SSSR count). The third-order valence-electron chi connectivity index (χ3n) is 6.09. The van der Waals surface area contributed by atoms with Gasteiger partial charge >= 0.3 is 0 Å². The van der Waals surface area contributed by atoms with Crippen LogP contribution < -0.4 is 4.90 Å². The Balaban J connectivity index is 1.78. The summed E-state index contributed by atoms with van der Waals surface area (Å²) in [5.74, 6) is 1.21. The first-order valence-corrected chi connectivity index (χ1v) is 12.2. The molecule has 7 heteroatoms. The van der Waals surface area contributed by atoms with Crippen molar-refractivity contribution in [3.8, 4) is 5.75 Å². The average molecular weight is 421 g/mol. The van der Waals surface area contributed by atoms with Gasteiger partial charge in [-0.1, -0.05) is 13.8 Å². The van der Waals surface area contributed by atoms with Gasteiger partial charge in [0.05, 0.1) is 35.9 Å². The number of aromatic nitrogens is 2. The number of hydrogen-bond donors (Lipinski definition) is 2. The highest BCUT2D eigenvalue weighted by molar-refractivity contribution is 7.91. The second-order valence-corrected chi connectivity index (χ2v) is 11.2. The van der Waals surface area contributed by atoms with Crippen molar-refractivity contribution in [1.82, 2.24) is 9.78 Å². The predicted octanol–water partition coefficient (Wildman–Crippen LogP) is 2.21. The van der Waals surface area contributed by atoms with Gasteiger partial charge in [-0.05, 0) is 56.4 Å². The van der Waals surface area contributed by atoms with E-state index in [4.69, 9.17) is 0 Å². The van der Waals surface area contributed by atoms with Crippen molar-refractivity contribution in [2.75, 3.05) is 18.6 Å². The number of hydrogen-bond acceptors (Lipinski definition) is 4. The Labute approximate surface area is 174 Å². The monoisotopic (exact) mass is 420 g/mol. The number of phenols is 1. The molecule has 0 spiro atoms. The molecule has 1 unspecified atom stereocenters. The summed E-state index contributed by atoms with van der Waals surface area (Å²) in [6.45, 7) is 11.9. The zero-order valence-corrected chi connectivity index (χ0v) is 19.2. The quantitative estimate of drug-likeness (QED) is 0.751. The minimum Gasteiger partial charge on any atom is -0.507 e. The van der Waals surface area contributed by atoms with Crippen LogP contribution in [0.3, 0.4) is 0 Å². The molecule has 2 atom stereocenters. The minimum atomic E-state index is -2.94. The van der Waals surface area contributed by atoms with Gasteiger partial charge in [0.25, 0.3) is 0 Å². The molecular formula is C22H34N3O3S+. The van der Waals surface area contributed by atoms with E-state index >= 15 is 0 Å². The third kappa shape index (κ3) is 4.67. The highest BCUT2D eigenvalue weighted by Crippen LogP contribution is 2.28. The standard InChI is InChI=1S/C22H33N3O3S/c1-14(2)20-10-18(22(26)9-15(20)3)11-24(6)12-21-16(4)23-25(17(21)5)19-7-8-29(27,28)13-19/h9-10,14,19,26H,7-8,11-13H2,1-6H3/p+1/t19-/m1/s1. The highest BCUT2D eigenvalue weighted by Gasteiger charge is 2.31. The molecule has 0 aliphatic carbocycles. The Morgan fingerprint density at radius 3 is 2.52 bits per heavy atom. The second kappa shape index (κ2) is 8.11. The van der Waals surface area contributed by atoms with E-state index in [1.54, 1.807) is 0 Å². The van der Waals surface area contributed by atoms with Crippen LogP contribution in [0.15, 0.2) is 12.1 Å². The molecule has 0 saturated carbocycles. The maximum Gasteiger partial charge on any atom is 0.152 e. The fourth-order valence-electron chi connectivity index (χ4n) is 4.49. The second-order valence-electron chi connectivity index (χ2n) is 8.95. The van der Waals surface area contributed by atoms with Crippen molar-refractivity contribution >= 4 is 9.84 Å². The summed E-state index contributed by atoms with van der Waals surface area (Å²) in [6, 6.07) is 3.95. The van der Waals surface area contributed by atoms with Crippen molar-refractivity contribution in [1.29, 1.82) is 0 Å². The van der Waals surface area contributed by atoms with E-state index in [-0.39, 0.29) is 17.5 Å². The summed E-state index contributed by atoms with van der Waals surface area (Å²) in [5, 5.41) is 15.1. The normalized spacial score (nSPS) is 19.8. The number of aryl methyl sites for hydroxylation is 2. The molecule has 6 nitrogen and oxygen atoms in total. The maximum absolute atomic E-state index is 11.9. The summed E-state index contributed by atoms with van der Waals surface area (Å²) in [6.07, 6.45) is 0.641. The molecule has 0 bridgehead atoms. The van der Waals surface area contributed by atoms with E-state index in [1.165, 1.54) is 16.0 Å². The number of nitrogens with zero attached hydrogens (tertiary/aromatic N) is 2. The van der Waals surface area contributed by atoms with Crippen LogP contribution in [0.1, 0.15) is 65.9 Å². The number of quaternary nitrogens is 1. The van der Waals surface area contributed by atoms with E-state index in [0.717, 1.165) is 29.1 Å². The average Bonchev–Trinajstić information content (AvgIpc) is 3.10. The lowest BCUT2D eigenvalue weighted by atomic mass is 9.95. The Hall–Kier alpha value is -1.86. The van der Waals surface area contributed by atoms with E-state index < -0.39 is 9.84 Å². The van der Waals surface area contributed by atoms with Crippen LogP contribution in [0, 0.1) is 20.8 Å². The van der Waals surface area contributed by atoms with Crippen LogP contribution in [0.25, 0.3) is 0 Å². The Kier molecular flexibility index (Phi) is 6.11. The van der Waals surface area contributed by atoms with Crippen molar-refractivity contribution < 1.29 is 18.4 Å².